The molecule has 0 saturated carbocycles. The number of hydrogen-bond acceptors (Lipinski definition) is 8. The van der Waals surface area contributed by atoms with Crippen LogP contribution in [0.5, 0.6) is 5.75 Å². The largest absolute Gasteiger partial charge is 0.486 e. The molecule has 0 aliphatic carbocycles. The number of nitrogens with one attached hydrogen (secondary N) is 1. The Morgan fingerprint density at radius 3 is 2.47 bits per heavy atom. The fraction of sp³-hybridized carbons (Fsp3) is 0.294. The average molecular weight is 629 g/mol. The number of carboxylic acids is 1. The van der Waals surface area contributed by atoms with Gasteiger partial charge in [-0.3, -0.25) is 14.5 Å². The zero-order valence-corrected chi connectivity index (χ0v) is 26.2. The molecule has 11 heteroatoms. The van der Waals surface area contributed by atoms with Crippen LogP contribution in [0, 0.1) is 5.92 Å². The van der Waals surface area contributed by atoms with E-state index in [0.29, 0.717) is 36.4 Å². The lowest BCUT2D eigenvalue weighted by molar-refractivity contribution is 0.0343. The first kappa shape index (κ1) is 31.8. The van der Waals surface area contributed by atoms with Crippen molar-refractivity contribution in [3.63, 3.8) is 0 Å². The third kappa shape index (κ3) is 7.39. The number of carbonyl (C=O) groups excluding carboxylic acids is 2. The number of carboxylic acid groups (broad SMARTS) is 1. The van der Waals surface area contributed by atoms with Crippen LogP contribution in [0.3, 0.4) is 0 Å². The lowest BCUT2D eigenvalue weighted by Crippen LogP contribution is -2.49. The number of rotatable bonds is 10. The van der Waals surface area contributed by atoms with Gasteiger partial charge in [0.15, 0.2) is 5.75 Å². The van der Waals surface area contributed by atoms with Gasteiger partial charge in [0.1, 0.15) is 11.1 Å². The molecule has 10 nitrogen and oxygen atoms in total. The van der Waals surface area contributed by atoms with Crippen molar-refractivity contribution in [2.75, 3.05) is 32.1 Å². The summed E-state index contributed by atoms with van der Waals surface area (Å²) >= 11 is 1.52. The number of ether oxygens (including phenoxy) is 1. The van der Waals surface area contributed by atoms with Gasteiger partial charge in [0.25, 0.3) is 11.8 Å². The van der Waals surface area contributed by atoms with Crippen molar-refractivity contribution in [1.82, 2.24) is 14.8 Å². The topological polar surface area (TPSA) is 132 Å². The highest BCUT2D eigenvalue weighted by Crippen LogP contribution is 2.35. The number of anilines is 1. The number of amides is 2. The van der Waals surface area contributed by atoms with Gasteiger partial charge >= 0.3 is 5.97 Å². The Labute approximate surface area is 265 Å². The van der Waals surface area contributed by atoms with Crippen molar-refractivity contribution >= 4 is 34.8 Å². The molecule has 3 aromatic carbocycles. The molecule has 2 amide bonds. The summed E-state index contributed by atoms with van der Waals surface area (Å²) in [7, 11) is 1.95. The van der Waals surface area contributed by atoms with E-state index in [0.717, 1.165) is 16.1 Å². The fourth-order valence-corrected chi connectivity index (χ4v) is 5.97. The fourth-order valence-electron chi connectivity index (χ4n) is 5.32. The van der Waals surface area contributed by atoms with Crippen LogP contribution < -0.4 is 10.1 Å². The Bertz CT molecular complexity index is 1640. The highest BCUT2D eigenvalue weighted by Gasteiger charge is 2.34. The van der Waals surface area contributed by atoms with E-state index in [1.165, 1.54) is 11.3 Å². The molecule has 2 heterocycles. The van der Waals surface area contributed by atoms with Gasteiger partial charge in [0.2, 0.25) is 0 Å². The van der Waals surface area contributed by atoms with E-state index in [9.17, 15) is 24.6 Å². The van der Waals surface area contributed by atoms with Crippen LogP contribution in [0.15, 0.2) is 78.3 Å². The summed E-state index contributed by atoms with van der Waals surface area (Å²) < 4.78 is 6.63. The molecule has 3 N–H and O–H groups in total. The molecule has 5 rings (SSSR count). The molecule has 0 fully saturated rings. The molecule has 234 valence electrons. The number of carbonyl (C=O) groups is 3. The zero-order valence-electron chi connectivity index (χ0n) is 25.3. The first-order valence-electron chi connectivity index (χ1n) is 14.7. The summed E-state index contributed by atoms with van der Waals surface area (Å²) in [6, 6.07) is 18.6. The summed E-state index contributed by atoms with van der Waals surface area (Å²) in [5, 5.41) is 24.9. The van der Waals surface area contributed by atoms with E-state index < -0.39 is 12.0 Å². The highest BCUT2D eigenvalue weighted by molar-refractivity contribution is 7.13. The van der Waals surface area contributed by atoms with Crippen molar-refractivity contribution in [3.05, 3.63) is 101 Å². The number of aromatic nitrogens is 1. The molecule has 1 aliphatic heterocycles. The molecule has 1 aliphatic rings. The molecule has 0 radical (unpaired) electrons. The van der Waals surface area contributed by atoms with Crippen LogP contribution in [-0.2, 0) is 6.54 Å². The van der Waals surface area contributed by atoms with Gasteiger partial charge in [-0.15, -0.1) is 11.3 Å². The second kappa shape index (κ2) is 14.0. The third-order valence-electron chi connectivity index (χ3n) is 7.91. The van der Waals surface area contributed by atoms with Crippen molar-refractivity contribution in [3.8, 4) is 16.3 Å². The summed E-state index contributed by atoms with van der Waals surface area (Å²) in [6.07, 6.45) is 1.35. The van der Waals surface area contributed by atoms with E-state index in [1.807, 2.05) is 31.5 Å². The smallest absolute Gasteiger partial charge is 0.335 e. The first-order chi connectivity index (χ1) is 21.6. The number of aromatic carboxylic acids is 1. The van der Waals surface area contributed by atoms with E-state index in [4.69, 9.17) is 4.74 Å². The van der Waals surface area contributed by atoms with Crippen LogP contribution >= 0.6 is 11.3 Å². The number of hydrogen-bond donors (Lipinski definition) is 3. The van der Waals surface area contributed by atoms with Crippen LogP contribution in [0.1, 0.15) is 50.5 Å². The lowest BCUT2D eigenvalue weighted by atomic mass is 9.98. The highest BCUT2D eigenvalue weighted by atomic mass is 32.1. The van der Waals surface area contributed by atoms with Crippen molar-refractivity contribution in [2.24, 2.45) is 5.92 Å². The second-order valence-electron chi connectivity index (χ2n) is 11.4. The van der Waals surface area contributed by atoms with Gasteiger partial charge in [0, 0.05) is 48.3 Å². The molecular formula is C34H36N4O6S. The average Bonchev–Trinajstić information content (AvgIpc) is 3.58. The van der Waals surface area contributed by atoms with Gasteiger partial charge in [0.05, 0.1) is 29.5 Å². The monoisotopic (exact) mass is 628 g/mol. The van der Waals surface area contributed by atoms with Gasteiger partial charge < -0.3 is 25.2 Å². The van der Waals surface area contributed by atoms with Crippen LogP contribution in [0.25, 0.3) is 10.6 Å². The van der Waals surface area contributed by atoms with E-state index in [2.05, 4.69) is 15.2 Å². The minimum absolute atomic E-state index is 0.130. The minimum atomic E-state index is -0.975. The number of benzene rings is 3. The maximum Gasteiger partial charge on any atom is 0.335 e. The second-order valence-corrected chi connectivity index (χ2v) is 12.3. The number of fused-ring (bicyclic) bond motifs is 1. The molecular weight excluding hydrogens is 592 g/mol. The number of nitrogens with zero attached hydrogens (tertiary/aromatic N) is 3. The number of thiazole rings is 1. The molecule has 0 unspecified atom stereocenters. The predicted octanol–water partition coefficient (Wildman–Crippen LogP) is 5.11. The molecule has 45 heavy (non-hydrogen) atoms. The third-order valence-corrected chi connectivity index (χ3v) is 8.73. The molecule has 0 saturated heterocycles. The van der Waals surface area contributed by atoms with Gasteiger partial charge in [-0.2, -0.15) is 0 Å². The summed E-state index contributed by atoms with van der Waals surface area (Å²) in [4.78, 5) is 46.5. The molecule has 4 aromatic rings. The molecule has 1 aromatic heterocycles. The maximum atomic E-state index is 13.8. The van der Waals surface area contributed by atoms with Crippen LogP contribution in [0.2, 0.25) is 0 Å². The van der Waals surface area contributed by atoms with Crippen molar-refractivity contribution in [2.45, 2.75) is 32.5 Å². The molecule has 3 atom stereocenters. The zero-order chi connectivity index (χ0) is 32.1. The quantitative estimate of drug-likeness (QED) is 0.221. The molecule has 0 bridgehead atoms. The number of aliphatic hydroxyl groups excluding tert-OH is 1. The Balaban J connectivity index is 1.41. The summed E-state index contributed by atoms with van der Waals surface area (Å²) in [5.74, 6) is -1.46. The first-order valence-corrected chi connectivity index (χ1v) is 15.6. The van der Waals surface area contributed by atoms with Gasteiger partial charge in [-0.05, 0) is 55.9 Å². The minimum Gasteiger partial charge on any atom is -0.486 e. The number of para-hydroxylation sites is 1. The van der Waals surface area contributed by atoms with Crippen molar-refractivity contribution in [1.29, 1.82) is 0 Å². The van der Waals surface area contributed by atoms with Gasteiger partial charge in [-0.25, -0.2) is 9.78 Å². The number of aliphatic hydroxyl groups is 1. The van der Waals surface area contributed by atoms with Crippen molar-refractivity contribution < 1.29 is 29.3 Å². The van der Waals surface area contributed by atoms with E-state index >= 15 is 0 Å². The lowest BCUT2D eigenvalue weighted by Gasteiger charge is -2.38. The SMILES string of the molecule is C[C@H](CO)N1C[C@H](C)[C@H](CN(C)Cc2ccc(C(=O)O)cc2)Oc2c(NC(=O)c3ccc(-c4nccs4)cc3)cccc2C1=O. The van der Waals surface area contributed by atoms with Crippen LogP contribution in [-0.4, -0.2) is 81.7 Å². The summed E-state index contributed by atoms with van der Waals surface area (Å²) in [6.45, 7) is 5.00. The summed E-state index contributed by atoms with van der Waals surface area (Å²) in [5.41, 5.74) is 3.20. The Kier molecular flexibility index (Phi) is 9.92. The van der Waals surface area contributed by atoms with E-state index in [1.54, 1.807) is 72.6 Å². The predicted molar refractivity (Wildman–Crippen MR) is 173 cm³/mol. The standard InChI is InChI=1S/C34H36N4O6S/c1-21-17-38(22(2)20-39)33(41)27-5-4-6-28(36-31(40)24-11-13-25(14-12-24)32-35-15-16-45-32)30(27)44-29(21)19-37(3)18-23-7-9-26(10-8-23)34(42)43/h4-16,21-22,29,39H,17-20H2,1-3H3,(H,36,40)(H,42,43)/t21-,22+,29-/m0/s1. The maximum absolute atomic E-state index is 13.8. The Morgan fingerprint density at radius 1 is 1.11 bits per heavy atom. The Hall–Kier alpha value is -4.58. The van der Waals surface area contributed by atoms with Gasteiger partial charge in [-0.1, -0.05) is 37.3 Å². The Morgan fingerprint density at radius 2 is 1.82 bits per heavy atom. The number of likely N-dealkylation sites (N-methyl/N-ethyl adjacent to an activating group) is 1. The molecule has 0 spiro atoms. The van der Waals surface area contributed by atoms with E-state index in [-0.39, 0.29) is 41.8 Å². The van der Waals surface area contributed by atoms with Crippen LogP contribution in [0.4, 0.5) is 5.69 Å². The normalized spacial score (nSPS) is 17.2.